The van der Waals surface area contributed by atoms with Gasteiger partial charge in [0.05, 0.1) is 13.2 Å². The number of hydrogen-bond acceptors (Lipinski definition) is 10. The Balaban J connectivity index is 2.00. The van der Waals surface area contributed by atoms with E-state index in [1.54, 1.807) is 62.3 Å². The number of carbonyl (C=O) groups excluding carboxylic acids is 1. The number of hydrogen-bond donors (Lipinski definition) is 1. The van der Waals surface area contributed by atoms with Crippen molar-refractivity contribution in [2.75, 3.05) is 13.2 Å². The molecule has 1 N–H and O–H groups in total. The molecule has 12 heteroatoms. The zero-order valence-electron chi connectivity index (χ0n) is 20.9. The molecule has 0 aromatic carbocycles. The number of carbonyl (C=O) groups is 1. The second kappa shape index (κ2) is 9.35. The summed E-state index contributed by atoms with van der Waals surface area (Å²) in [5, 5.41) is 2.66. The van der Waals surface area contributed by atoms with Crippen molar-refractivity contribution >= 4 is 13.7 Å². The van der Waals surface area contributed by atoms with E-state index in [1.165, 1.54) is 0 Å². The average Bonchev–Trinajstić information content (AvgIpc) is 3.12. The van der Waals surface area contributed by atoms with E-state index in [0.717, 1.165) is 0 Å². The summed E-state index contributed by atoms with van der Waals surface area (Å²) in [4.78, 5) is 12.8. The highest BCUT2D eigenvalue weighted by Crippen LogP contribution is 2.57. The third-order valence-corrected chi connectivity index (χ3v) is 7.47. The van der Waals surface area contributed by atoms with Crippen LogP contribution in [0, 0.1) is 0 Å². The Morgan fingerprint density at radius 2 is 1.45 bits per heavy atom. The molecule has 0 unspecified atom stereocenters. The molecule has 0 aromatic heterocycles. The third kappa shape index (κ3) is 6.08. The van der Waals surface area contributed by atoms with Crippen LogP contribution in [0.4, 0.5) is 4.79 Å². The topological polar surface area (TPSA) is 120 Å². The second-order valence-corrected chi connectivity index (χ2v) is 12.3. The van der Waals surface area contributed by atoms with Crippen LogP contribution in [0.25, 0.3) is 0 Å². The quantitative estimate of drug-likeness (QED) is 0.526. The number of rotatable bonds is 7. The standard InChI is InChI=1S/C21H38NO10P/c1-10-25-33(24,26-11-2)16(22-18(23)32-19(3,4)5)14-12-13(29-20(6,7)28-12)15-17(27-14)31-21(8,9)30-15/h12-17H,10-11H2,1-9H3,(H,22,23)/t12-,13+,14+,15-,16-,17-/m1/s1. The molecule has 3 saturated heterocycles. The largest absolute Gasteiger partial charge is 0.444 e. The molecule has 0 saturated carbocycles. The van der Waals surface area contributed by atoms with Crippen molar-refractivity contribution in [1.82, 2.24) is 5.32 Å². The first-order valence-electron chi connectivity index (χ1n) is 11.3. The molecule has 0 aromatic rings. The van der Waals surface area contributed by atoms with Gasteiger partial charge in [0.1, 0.15) is 30.0 Å². The van der Waals surface area contributed by atoms with Gasteiger partial charge in [-0.25, -0.2) is 4.79 Å². The highest BCUT2D eigenvalue weighted by atomic mass is 31.2. The maximum absolute atomic E-state index is 13.9. The summed E-state index contributed by atoms with van der Waals surface area (Å²) in [5.41, 5.74) is -0.779. The lowest BCUT2D eigenvalue weighted by Crippen LogP contribution is -2.61. The highest BCUT2D eigenvalue weighted by Gasteiger charge is 2.64. The second-order valence-electron chi connectivity index (χ2n) is 10.1. The van der Waals surface area contributed by atoms with Gasteiger partial charge in [-0.3, -0.25) is 4.57 Å². The molecule has 3 heterocycles. The summed E-state index contributed by atoms with van der Waals surface area (Å²) in [6, 6.07) is 0. The van der Waals surface area contributed by atoms with Crippen molar-refractivity contribution in [2.24, 2.45) is 0 Å². The first-order chi connectivity index (χ1) is 15.1. The number of nitrogens with one attached hydrogen (secondary N) is 1. The van der Waals surface area contributed by atoms with Gasteiger partial charge in [-0.05, 0) is 62.3 Å². The van der Waals surface area contributed by atoms with Crippen LogP contribution in [0.15, 0.2) is 0 Å². The summed E-state index contributed by atoms with van der Waals surface area (Å²) in [7, 11) is -3.95. The molecule has 3 rings (SSSR count). The Labute approximate surface area is 195 Å². The van der Waals surface area contributed by atoms with Crippen LogP contribution in [0.5, 0.6) is 0 Å². The first kappa shape index (κ1) is 26.8. The molecule has 1 amide bonds. The normalized spacial score (nSPS) is 33.8. The molecule has 0 radical (unpaired) electrons. The van der Waals surface area contributed by atoms with Crippen LogP contribution < -0.4 is 5.32 Å². The Bertz CT molecular complexity index is 757. The Morgan fingerprint density at radius 1 is 0.939 bits per heavy atom. The van der Waals surface area contributed by atoms with E-state index >= 15 is 0 Å². The number of alkyl carbamates (subject to hydrolysis) is 1. The van der Waals surface area contributed by atoms with Crippen LogP contribution in [-0.2, 0) is 42.0 Å². The number of fused-ring (bicyclic) bond motifs is 3. The molecule has 3 fully saturated rings. The molecule has 192 valence electrons. The summed E-state index contributed by atoms with van der Waals surface area (Å²) in [5.74, 6) is -3.16. The van der Waals surface area contributed by atoms with Crippen molar-refractivity contribution < 1.29 is 46.8 Å². The number of amides is 1. The fourth-order valence-electron chi connectivity index (χ4n) is 4.22. The van der Waals surface area contributed by atoms with Gasteiger partial charge < -0.3 is 42.8 Å². The maximum atomic E-state index is 13.9. The summed E-state index contributed by atoms with van der Waals surface area (Å²) < 4.78 is 61.0. The molecule has 0 bridgehead atoms. The van der Waals surface area contributed by atoms with Crippen molar-refractivity contribution in [1.29, 1.82) is 0 Å². The number of ether oxygens (including phenoxy) is 6. The molecule has 33 heavy (non-hydrogen) atoms. The van der Waals surface area contributed by atoms with Crippen molar-refractivity contribution in [2.45, 2.75) is 116 Å². The van der Waals surface area contributed by atoms with Gasteiger partial charge in [-0.2, -0.15) is 0 Å². The molecule has 6 atom stereocenters. The first-order valence-corrected chi connectivity index (χ1v) is 13.0. The molecule has 11 nitrogen and oxygen atoms in total. The summed E-state index contributed by atoms with van der Waals surface area (Å²) in [6.07, 6.45) is -4.59. The smallest absolute Gasteiger partial charge is 0.408 e. The van der Waals surface area contributed by atoms with Crippen molar-refractivity contribution in [3.63, 3.8) is 0 Å². The minimum atomic E-state index is -3.95. The molecule has 3 aliphatic rings. The van der Waals surface area contributed by atoms with E-state index in [4.69, 9.17) is 37.5 Å². The lowest BCUT2D eigenvalue weighted by atomic mass is 9.98. The van der Waals surface area contributed by atoms with E-state index in [0.29, 0.717) is 0 Å². The monoisotopic (exact) mass is 495 g/mol. The van der Waals surface area contributed by atoms with Crippen LogP contribution >= 0.6 is 7.60 Å². The zero-order valence-corrected chi connectivity index (χ0v) is 21.8. The molecular weight excluding hydrogens is 457 g/mol. The van der Waals surface area contributed by atoms with Crippen LogP contribution in [0.3, 0.4) is 0 Å². The summed E-state index contributed by atoms with van der Waals surface area (Å²) in [6.45, 7) is 15.8. The van der Waals surface area contributed by atoms with Gasteiger partial charge >= 0.3 is 13.7 Å². The lowest BCUT2D eigenvalue weighted by Gasteiger charge is -2.42. The lowest BCUT2D eigenvalue weighted by molar-refractivity contribution is -0.235. The fraction of sp³-hybridized carbons (Fsp3) is 0.952. The predicted molar refractivity (Wildman–Crippen MR) is 117 cm³/mol. The van der Waals surface area contributed by atoms with E-state index in [9.17, 15) is 9.36 Å². The van der Waals surface area contributed by atoms with Crippen LogP contribution in [0.1, 0.15) is 62.3 Å². The molecular formula is C21H38NO10P. The Kier molecular flexibility index (Phi) is 7.60. The van der Waals surface area contributed by atoms with Crippen molar-refractivity contribution in [3.05, 3.63) is 0 Å². The molecule has 3 aliphatic heterocycles. The van der Waals surface area contributed by atoms with E-state index < -0.39 is 67.4 Å². The van der Waals surface area contributed by atoms with Crippen LogP contribution in [0.2, 0.25) is 0 Å². The minimum Gasteiger partial charge on any atom is -0.444 e. The Hall–Kier alpha value is -0.780. The van der Waals surface area contributed by atoms with Gasteiger partial charge in [0.25, 0.3) is 0 Å². The highest BCUT2D eigenvalue weighted by molar-refractivity contribution is 7.54. The van der Waals surface area contributed by atoms with Gasteiger partial charge in [0.15, 0.2) is 23.6 Å². The fourth-order valence-corrected chi connectivity index (χ4v) is 6.20. The zero-order chi connectivity index (χ0) is 24.8. The molecule has 0 spiro atoms. The predicted octanol–water partition coefficient (Wildman–Crippen LogP) is 3.50. The minimum absolute atomic E-state index is 0.0894. The van der Waals surface area contributed by atoms with Gasteiger partial charge in [-0.15, -0.1) is 0 Å². The third-order valence-electron chi connectivity index (χ3n) is 5.13. The summed E-state index contributed by atoms with van der Waals surface area (Å²) >= 11 is 0. The molecule has 0 aliphatic carbocycles. The Morgan fingerprint density at radius 3 is 2.00 bits per heavy atom. The van der Waals surface area contributed by atoms with Gasteiger partial charge in [0.2, 0.25) is 0 Å². The van der Waals surface area contributed by atoms with Gasteiger partial charge in [-0.1, -0.05) is 0 Å². The van der Waals surface area contributed by atoms with E-state index in [2.05, 4.69) is 5.32 Å². The maximum Gasteiger partial charge on any atom is 0.408 e. The van der Waals surface area contributed by atoms with Crippen LogP contribution in [-0.4, -0.2) is 73.0 Å². The van der Waals surface area contributed by atoms with E-state index in [1.807, 2.05) is 0 Å². The van der Waals surface area contributed by atoms with Crippen molar-refractivity contribution in [3.8, 4) is 0 Å². The average molecular weight is 496 g/mol. The SMILES string of the molecule is CCOP(=O)(OCC)[C@@H](NC(=O)OC(C)(C)C)[C@H]1O[C@@H]2OC(C)(C)O[C@@H]2[C@H]2OC(C)(C)O[C@H]21. The van der Waals surface area contributed by atoms with Gasteiger partial charge in [0, 0.05) is 0 Å². The van der Waals surface area contributed by atoms with E-state index in [-0.39, 0.29) is 13.2 Å².